The van der Waals surface area contributed by atoms with E-state index in [4.69, 9.17) is 5.11 Å². The SMILES string of the molecule is Cc1ccc(C(C)(C)CNCc2c(C)nn(CCO)c2C)cc1. The van der Waals surface area contributed by atoms with E-state index in [-0.39, 0.29) is 12.0 Å². The molecule has 23 heavy (non-hydrogen) atoms. The highest BCUT2D eigenvalue weighted by Crippen LogP contribution is 2.23. The van der Waals surface area contributed by atoms with Crippen molar-refractivity contribution in [3.63, 3.8) is 0 Å². The fraction of sp³-hybridized carbons (Fsp3) is 0.526. The number of aliphatic hydroxyl groups excluding tert-OH is 1. The Hall–Kier alpha value is -1.65. The number of hydrogen-bond acceptors (Lipinski definition) is 3. The lowest BCUT2D eigenvalue weighted by Gasteiger charge is -2.26. The van der Waals surface area contributed by atoms with Gasteiger partial charge >= 0.3 is 0 Å². The highest BCUT2D eigenvalue weighted by Gasteiger charge is 2.20. The molecule has 0 spiro atoms. The summed E-state index contributed by atoms with van der Waals surface area (Å²) in [5.41, 5.74) is 6.13. The van der Waals surface area contributed by atoms with Crippen molar-refractivity contribution in [2.45, 2.75) is 53.1 Å². The summed E-state index contributed by atoms with van der Waals surface area (Å²) in [6.45, 7) is 13.1. The number of nitrogens with zero attached hydrogens (tertiary/aromatic N) is 2. The maximum absolute atomic E-state index is 9.10. The smallest absolute Gasteiger partial charge is 0.0644 e. The van der Waals surface area contributed by atoms with Crippen LogP contribution >= 0.6 is 0 Å². The highest BCUT2D eigenvalue weighted by atomic mass is 16.3. The third-order valence-corrected chi connectivity index (χ3v) is 4.54. The van der Waals surface area contributed by atoms with Gasteiger partial charge in [0.2, 0.25) is 0 Å². The molecule has 0 saturated carbocycles. The van der Waals surface area contributed by atoms with Crippen LogP contribution in [0.15, 0.2) is 24.3 Å². The molecule has 0 radical (unpaired) electrons. The lowest BCUT2D eigenvalue weighted by atomic mass is 9.84. The summed E-state index contributed by atoms with van der Waals surface area (Å²) in [4.78, 5) is 0. The van der Waals surface area contributed by atoms with Gasteiger partial charge in [0.05, 0.1) is 18.8 Å². The van der Waals surface area contributed by atoms with Gasteiger partial charge in [0.25, 0.3) is 0 Å². The predicted molar refractivity (Wildman–Crippen MR) is 94.7 cm³/mol. The molecule has 4 nitrogen and oxygen atoms in total. The van der Waals surface area contributed by atoms with E-state index in [1.807, 2.05) is 11.6 Å². The van der Waals surface area contributed by atoms with Crippen molar-refractivity contribution in [3.8, 4) is 0 Å². The van der Waals surface area contributed by atoms with Crippen LogP contribution in [0.3, 0.4) is 0 Å². The van der Waals surface area contributed by atoms with E-state index in [0.717, 1.165) is 24.5 Å². The van der Waals surface area contributed by atoms with Crippen LogP contribution in [0.25, 0.3) is 0 Å². The molecule has 0 aliphatic carbocycles. The molecule has 1 aromatic carbocycles. The highest BCUT2D eigenvalue weighted by molar-refractivity contribution is 5.28. The zero-order valence-corrected chi connectivity index (χ0v) is 15.0. The van der Waals surface area contributed by atoms with E-state index < -0.39 is 0 Å². The Kier molecular flexibility index (Phi) is 5.60. The van der Waals surface area contributed by atoms with Crippen LogP contribution in [0.1, 0.15) is 41.9 Å². The van der Waals surface area contributed by atoms with Crippen molar-refractivity contribution in [2.24, 2.45) is 0 Å². The summed E-state index contributed by atoms with van der Waals surface area (Å²) >= 11 is 0. The molecule has 2 rings (SSSR count). The number of aromatic nitrogens is 2. The van der Waals surface area contributed by atoms with E-state index in [1.54, 1.807) is 0 Å². The van der Waals surface area contributed by atoms with E-state index >= 15 is 0 Å². The normalized spacial score (nSPS) is 11.9. The van der Waals surface area contributed by atoms with E-state index in [1.165, 1.54) is 16.7 Å². The molecule has 1 aromatic heterocycles. The lowest BCUT2D eigenvalue weighted by Crippen LogP contribution is -2.32. The van der Waals surface area contributed by atoms with Gasteiger partial charge in [0.1, 0.15) is 0 Å². The van der Waals surface area contributed by atoms with Gasteiger partial charge < -0.3 is 10.4 Å². The fourth-order valence-electron chi connectivity index (χ4n) is 2.91. The summed E-state index contributed by atoms with van der Waals surface area (Å²) in [5, 5.41) is 17.2. The first-order chi connectivity index (χ1) is 10.8. The van der Waals surface area contributed by atoms with Crippen molar-refractivity contribution in [1.29, 1.82) is 0 Å². The molecule has 0 amide bonds. The van der Waals surface area contributed by atoms with E-state index in [0.29, 0.717) is 6.54 Å². The molecule has 0 bridgehead atoms. The Balaban J connectivity index is 2.00. The van der Waals surface area contributed by atoms with Gasteiger partial charge in [-0.1, -0.05) is 43.7 Å². The minimum Gasteiger partial charge on any atom is -0.394 e. The Labute approximate surface area is 139 Å². The average Bonchev–Trinajstić information content (AvgIpc) is 2.75. The van der Waals surface area contributed by atoms with Crippen molar-refractivity contribution in [3.05, 3.63) is 52.3 Å². The molecule has 0 atom stereocenters. The van der Waals surface area contributed by atoms with E-state index in [9.17, 15) is 0 Å². The number of nitrogens with one attached hydrogen (secondary N) is 1. The summed E-state index contributed by atoms with van der Waals surface area (Å²) in [7, 11) is 0. The first-order valence-corrected chi connectivity index (χ1v) is 8.27. The number of benzene rings is 1. The second-order valence-corrected chi connectivity index (χ2v) is 6.95. The van der Waals surface area contributed by atoms with Crippen molar-refractivity contribution < 1.29 is 5.11 Å². The quantitative estimate of drug-likeness (QED) is 0.826. The molecular weight excluding hydrogens is 286 g/mol. The van der Waals surface area contributed by atoms with Crippen molar-refractivity contribution >= 4 is 0 Å². The third-order valence-electron chi connectivity index (χ3n) is 4.54. The molecular formula is C19H29N3O. The zero-order chi connectivity index (χ0) is 17.0. The van der Waals surface area contributed by atoms with Crippen molar-refractivity contribution in [1.82, 2.24) is 15.1 Å². The molecule has 0 saturated heterocycles. The maximum atomic E-state index is 9.10. The van der Waals surface area contributed by atoms with Gasteiger partial charge in [-0.3, -0.25) is 4.68 Å². The molecule has 0 fully saturated rings. The molecule has 2 aromatic rings. The predicted octanol–water partition coefficient (Wildman–Crippen LogP) is 2.87. The largest absolute Gasteiger partial charge is 0.394 e. The zero-order valence-electron chi connectivity index (χ0n) is 15.0. The summed E-state index contributed by atoms with van der Waals surface area (Å²) in [6.07, 6.45) is 0. The number of aliphatic hydroxyl groups is 1. The van der Waals surface area contributed by atoms with Crippen LogP contribution in [0, 0.1) is 20.8 Å². The van der Waals surface area contributed by atoms with Gasteiger partial charge in [-0.25, -0.2) is 0 Å². The maximum Gasteiger partial charge on any atom is 0.0644 e. The second-order valence-electron chi connectivity index (χ2n) is 6.95. The van der Waals surface area contributed by atoms with Crippen LogP contribution in [0.2, 0.25) is 0 Å². The summed E-state index contributed by atoms with van der Waals surface area (Å²) in [6, 6.07) is 8.77. The topological polar surface area (TPSA) is 50.1 Å². The minimum absolute atomic E-state index is 0.0800. The van der Waals surface area contributed by atoms with Gasteiger partial charge in [-0.2, -0.15) is 5.10 Å². The molecule has 0 aliphatic rings. The van der Waals surface area contributed by atoms with Crippen molar-refractivity contribution in [2.75, 3.05) is 13.2 Å². The molecule has 2 N–H and O–H groups in total. The van der Waals surface area contributed by atoms with Gasteiger partial charge in [-0.15, -0.1) is 0 Å². The van der Waals surface area contributed by atoms with Crippen LogP contribution < -0.4 is 5.32 Å². The standard InChI is InChI=1S/C19H29N3O/c1-14-6-8-17(9-7-14)19(4,5)13-20-12-18-15(2)21-22(10-11-23)16(18)3/h6-9,20,23H,10-13H2,1-5H3. The first-order valence-electron chi connectivity index (χ1n) is 8.27. The Bertz CT molecular complexity index is 641. The van der Waals surface area contributed by atoms with Crippen LogP contribution in [-0.4, -0.2) is 28.0 Å². The Morgan fingerprint density at radius 3 is 2.39 bits per heavy atom. The Morgan fingerprint density at radius 1 is 1.13 bits per heavy atom. The number of hydrogen-bond donors (Lipinski definition) is 2. The lowest BCUT2D eigenvalue weighted by molar-refractivity contribution is 0.267. The summed E-state index contributed by atoms with van der Waals surface area (Å²) in [5.74, 6) is 0. The van der Waals surface area contributed by atoms with Gasteiger partial charge in [-0.05, 0) is 26.3 Å². The minimum atomic E-state index is 0.0800. The molecule has 4 heteroatoms. The molecule has 0 aliphatic heterocycles. The average molecular weight is 315 g/mol. The molecule has 126 valence electrons. The second kappa shape index (κ2) is 7.28. The van der Waals surface area contributed by atoms with Crippen LogP contribution in [0.5, 0.6) is 0 Å². The molecule has 0 unspecified atom stereocenters. The number of aryl methyl sites for hydroxylation is 2. The van der Waals surface area contributed by atoms with Crippen LogP contribution in [0.4, 0.5) is 0 Å². The summed E-state index contributed by atoms with van der Waals surface area (Å²) < 4.78 is 1.89. The Morgan fingerprint density at radius 2 is 1.78 bits per heavy atom. The molecule has 1 heterocycles. The van der Waals surface area contributed by atoms with Crippen LogP contribution in [-0.2, 0) is 18.5 Å². The van der Waals surface area contributed by atoms with Gasteiger partial charge in [0.15, 0.2) is 0 Å². The first kappa shape index (κ1) is 17.7. The van der Waals surface area contributed by atoms with E-state index in [2.05, 4.69) is 62.4 Å². The monoisotopic (exact) mass is 315 g/mol. The van der Waals surface area contributed by atoms with Gasteiger partial charge in [0, 0.05) is 29.8 Å². The number of rotatable bonds is 7. The third kappa shape index (κ3) is 4.21. The fourth-order valence-corrected chi connectivity index (χ4v) is 2.91.